The third kappa shape index (κ3) is 2.84. The summed E-state index contributed by atoms with van der Waals surface area (Å²) in [5.74, 6) is -1.70. The molecule has 0 aliphatic heterocycles. The third-order valence-electron chi connectivity index (χ3n) is 1.88. The number of nitrogens with two attached hydrogens (primary N) is 1. The van der Waals surface area contributed by atoms with Crippen LogP contribution in [-0.2, 0) is 11.2 Å². The molecule has 1 rings (SSSR count). The van der Waals surface area contributed by atoms with Gasteiger partial charge in [-0.2, -0.15) is 0 Å². The average Bonchev–Trinajstić information content (AvgIpc) is 2.13. The summed E-state index contributed by atoms with van der Waals surface area (Å²) < 4.78 is 0.301. The van der Waals surface area contributed by atoms with Gasteiger partial charge in [-0.15, -0.1) is 0 Å². The maximum absolute atomic E-state index is 10.5. The maximum Gasteiger partial charge on any atom is 0.320 e. The van der Waals surface area contributed by atoms with Gasteiger partial charge in [-0.3, -0.25) is 4.79 Å². The minimum Gasteiger partial charge on any atom is -0.504 e. The second-order valence-electron chi connectivity index (χ2n) is 3.09. The third-order valence-corrected chi connectivity index (χ3v) is 2.48. The van der Waals surface area contributed by atoms with Crippen LogP contribution in [0, 0.1) is 0 Å². The minimum absolute atomic E-state index is 0.0851. The number of phenolic OH excluding ortho intramolecular Hbond substituents is 2. The maximum atomic E-state index is 10.5. The first-order chi connectivity index (χ1) is 6.91. The van der Waals surface area contributed by atoms with E-state index in [1.54, 1.807) is 0 Å². The zero-order valence-corrected chi connectivity index (χ0v) is 9.23. The number of rotatable bonds is 3. The van der Waals surface area contributed by atoms with Gasteiger partial charge in [-0.05, 0) is 40.0 Å². The van der Waals surface area contributed by atoms with Crippen molar-refractivity contribution in [3.05, 3.63) is 22.2 Å². The van der Waals surface area contributed by atoms with Crippen LogP contribution >= 0.6 is 15.9 Å². The normalized spacial score (nSPS) is 12.4. The number of carbonyl (C=O) groups is 1. The van der Waals surface area contributed by atoms with Gasteiger partial charge in [0, 0.05) is 0 Å². The second-order valence-corrected chi connectivity index (χ2v) is 3.95. The molecule has 0 amide bonds. The van der Waals surface area contributed by atoms with Crippen molar-refractivity contribution in [1.29, 1.82) is 0 Å². The fourth-order valence-electron chi connectivity index (χ4n) is 1.10. The Bertz CT molecular complexity index is 371. The molecular formula is C9H10BrNO4. The van der Waals surface area contributed by atoms with E-state index in [4.69, 9.17) is 10.8 Å². The van der Waals surface area contributed by atoms with Gasteiger partial charge in [-0.1, -0.05) is 0 Å². The van der Waals surface area contributed by atoms with Crippen LogP contribution in [0.15, 0.2) is 16.6 Å². The minimum atomic E-state index is -1.11. The van der Waals surface area contributed by atoms with Crippen LogP contribution in [0.5, 0.6) is 11.5 Å². The van der Waals surface area contributed by atoms with E-state index in [-0.39, 0.29) is 17.9 Å². The lowest BCUT2D eigenvalue weighted by Crippen LogP contribution is -2.32. The van der Waals surface area contributed by atoms with E-state index in [9.17, 15) is 15.0 Å². The molecule has 0 fully saturated rings. The number of hydrogen-bond acceptors (Lipinski definition) is 4. The summed E-state index contributed by atoms with van der Waals surface area (Å²) in [6.45, 7) is 0. The van der Waals surface area contributed by atoms with E-state index in [0.717, 1.165) is 0 Å². The molecule has 82 valence electrons. The van der Waals surface area contributed by atoms with E-state index < -0.39 is 12.0 Å². The molecule has 0 radical (unpaired) electrons. The molecule has 0 saturated heterocycles. The fraction of sp³-hybridized carbons (Fsp3) is 0.222. The summed E-state index contributed by atoms with van der Waals surface area (Å²) in [4.78, 5) is 10.5. The Labute approximate surface area is 94.3 Å². The molecule has 5 N–H and O–H groups in total. The molecule has 1 aromatic carbocycles. The number of benzene rings is 1. The topological polar surface area (TPSA) is 104 Å². The van der Waals surface area contributed by atoms with Crippen molar-refractivity contribution < 1.29 is 20.1 Å². The van der Waals surface area contributed by atoms with Crippen LogP contribution < -0.4 is 5.73 Å². The van der Waals surface area contributed by atoms with Crippen LogP contribution in [0.2, 0.25) is 0 Å². The molecule has 0 saturated carbocycles. The van der Waals surface area contributed by atoms with Crippen molar-refractivity contribution in [2.75, 3.05) is 0 Å². The highest BCUT2D eigenvalue weighted by Gasteiger charge is 2.14. The Morgan fingerprint density at radius 1 is 1.47 bits per heavy atom. The van der Waals surface area contributed by atoms with Crippen LogP contribution in [-0.4, -0.2) is 27.3 Å². The Kier molecular flexibility index (Phi) is 3.54. The number of carboxylic acid groups (broad SMARTS) is 1. The van der Waals surface area contributed by atoms with E-state index >= 15 is 0 Å². The first kappa shape index (κ1) is 11.8. The summed E-state index contributed by atoms with van der Waals surface area (Å²) in [5, 5.41) is 27.1. The van der Waals surface area contributed by atoms with Crippen LogP contribution in [0.3, 0.4) is 0 Å². The van der Waals surface area contributed by atoms with E-state index in [0.29, 0.717) is 10.0 Å². The number of phenols is 2. The SMILES string of the molecule is NC(Cc1cc(O)c(O)c(Br)c1)C(=O)O. The second kappa shape index (κ2) is 4.50. The number of carboxylic acids is 1. The standard InChI is InChI=1S/C9H10BrNO4/c10-5-1-4(2-6(11)9(14)15)3-7(12)8(5)13/h1,3,6,12-13H,2,11H2,(H,14,15). The van der Waals surface area contributed by atoms with Gasteiger partial charge < -0.3 is 21.1 Å². The highest BCUT2D eigenvalue weighted by molar-refractivity contribution is 9.10. The van der Waals surface area contributed by atoms with Crippen molar-refractivity contribution >= 4 is 21.9 Å². The van der Waals surface area contributed by atoms with Crippen molar-refractivity contribution in [3.8, 4) is 11.5 Å². The van der Waals surface area contributed by atoms with Gasteiger partial charge in [0.25, 0.3) is 0 Å². The molecule has 15 heavy (non-hydrogen) atoms. The van der Waals surface area contributed by atoms with Gasteiger partial charge in [0.1, 0.15) is 6.04 Å². The monoisotopic (exact) mass is 275 g/mol. The molecule has 5 nitrogen and oxygen atoms in total. The van der Waals surface area contributed by atoms with Crippen molar-refractivity contribution in [2.45, 2.75) is 12.5 Å². The lowest BCUT2D eigenvalue weighted by molar-refractivity contribution is -0.138. The molecule has 1 atom stereocenters. The summed E-state index contributed by atoms with van der Waals surface area (Å²) >= 11 is 3.03. The van der Waals surface area contributed by atoms with Gasteiger partial charge in [-0.25, -0.2) is 0 Å². The molecular weight excluding hydrogens is 266 g/mol. The first-order valence-corrected chi connectivity index (χ1v) is 4.90. The van der Waals surface area contributed by atoms with E-state index in [2.05, 4.69) is 15.9 Å². The fourth-order valence-corrected chi connectivity index (χ4v) is 1.60. The molecule has 0 aliphatic carbocycles. The molecule has 0 heterocycles. The predicted molar refractivity (Wildman–Crippen MR) is 56.8 cm³/mol. The zero-order chi connectivity index (χ0) is 11.6. The number of hydrogen-bond donors (Lipinski definition) is 4. The highest BCUT2D eigenvalue weighted by atomic mass is 79.9. The Morgan fingerprint density at radius 3 is 2.53 bits per heavy atom. The van der Waals surface area contributed by atoms with Crippen molar-refractivity contribution in [1.82, 2.24) is 0 Å². The van der Waals surface area contributed by atoms with Crippen LogP contribution in [0.4, 0.5) is 0 Å². The van der Waals surface area contributed by atoms with Gasteiger partial charge >= 0.3 is 5.97 Å². The van der Waals surface area contributed by atoms with Gasteiger partial charge in [0.05, 0.1) is 4.47 Å². The van der Waals surface area contributed by atoms with Crippen LogP contribution in [0.25, 0.3) is 0 Å². The Morgan fingerprint density at radius 2 is 2.07 bits per heavy atom. The lowest BCUT2D eigenvalue weighted by atomic mass is 10.1. The largest absolute Gasteiger partial charge is 0.504 e. The van der Waals surface area contributed by atoms with Crippen molar-refractivity contribution in [3.63, 3.8) is 0 Å². The summed E-state index contributed by atoms with van der Waals surface area (Å²) in [6, 6.07) is 1.77. The summed E-state index contributed by atoms with van der Waals surface area (Å²) in [6.07, 6.45) is 0.0851. The summed E-state index contributed by atoms with van der Waals surface area (Å²) in [7, 11) is 0. The zero-order valence-electron chi connectivity index (χ0n) is 7.64. The van der Waals surface area contributed by atoms with Crippen LogP contribution in [0.1, 0.15) is 5.56 Å². The molecule has 1 aromatic rings. The molecule has 6 heteroatoms. The van der Waals surface area contributed by atoms with Crippen molar-refractivity contribution in [2.24, 2.45) is 5.73 Å². The Balaban J connectivity index is 2.92. The smallest absolute Gasteiger partial charge is 0.320 e. The molecule has 1 unspecified atom stereocenters. The predicted octanol–water partition coefficient (Wildman–Crippen LogP) is 0.815. The highest BCUT2D eigenvalue weighted by Crippen LogP contribution is 2.34. The molecule has 0 bridgehead atoms. The number of aromatic hydroxyl groups is 2. The van der Waals surface area contributed by atoms with E-state index in [1.165, 1.54) is 12.1 Å². The number of aliphatic carboxylic acids is 1. The molecule has 0 aliphatic rings. The average molecular weight is 276 g/mol. The van der Waals surface area contributed by atoms with Gasteiger partial charge in [0.2, 0.25) is 0 Å². The lowest BCUT2D eigenvalue weighted by Gasteiger charge is -2.08. The first-order valence-electron chi connectivity index (χ1n) is 4.10. The summed E-state index contributed by atoms with van der Waals surface area (Å²) in [5.41, 5.74) is 5.86. The Hall–Kier alpha value is -1.27. The molecule has 0 spiro atoms. The quantitative estimate of drug-likeness (QED) is 0.612. The van der Waals surface area contributed by atoms with Gasteiger partial charge in [0.15, 0.2) is 11.5 Å². The molecule has 0 aromatic heterocycles. The van der Waals surface area contributed by atoms with E-state index in [1.807, 2.05) is 0 Å². The number of halogens is 1.